The van der Waals surface area contributed by atoms with Gasteiger partial charge in [-0.1, -0.05) is 0 Å². The first-order valence-electron chi connectivity index (χ1n) is 8.48. The molecule has 3 heterocycles. The Hall–Kier alpha value is -1.88. The van der Waals surface area contributed by atoms with Gasteiger partial charge >= 0.3 is 7.12 Å². The Kier molecular flexibility index (Phi) is 4.51. The molecule has 0 spiro atoms. The van der Waals surface area contributed by atoms with E-state index < -0.39 is 17.1 Å². The van der Waals surface area contributed by atoms with Crippen molar-refractivity contribution < 1.29 is 22.8 Å². The minimum Gasteiger partial charge on any atom is -0.531 e. The monoisotopic (exact) mass is 377 g/mol. The van der Waals surface area contributed by atoms with Gasteiger partial charge in [0.05, 0.1) is 18.6 Å². The van der Waals surface area contributed by atoms with Crippen molar-refractivity contribution in [3.63, 3.8) is 0 Å². The molecule has 3 N–H and O–H groups in total. The molecule has 8 nitrogen and oxygen atoms in total. The number of hydrogen-bond donors (Lipinski definition) is 3. The molecule has 1 aliphatic heterocycles. The van der Waals surface area contributed by atoms with Gasteiger partial charge < -0.3 is 19.4 Å². The Morgan fingerprint density at radius 3 is 3.08 bits per heavy atom. The van der Waals surface area contributed by atoms with Crippen molar-refractivity contribution in [2.24, 2.45) is 5.92 Å². The summed E-state index contributed by atoms with van der Waals surface area (Å²) in [6, 6.07) is 1.83. The highest BCUT2D eigenvalue weighted by Gasteiger charge is 2.38. The van der Waals surface area contributed by atoms with E-state index in [1.165, 1.54) is 7.11 Å². The third kappa shape index (κ3) is 3.25. The van der Waals surface area contributed by atoms with Crippen LogP contribution in [0.2, 0.25) is 0 Å². The van der Waals surface area contributed by atoms with Gasteiger partial charge in [0.25, 0.3) is 0 Å². The van der Waals surface area contributed by atoms with Crippen LogP contribution >= 0.6 is 0 Å². The van der Waals surface area contributed by atoms with Crippen LogP contribution in [0.3, 0.4) is 0 Å². The normalized spacial score (nSPS) is 22.5. The van der Waals surface area contributed by atoms with E-state index in [-0.39, 0.29) is 24.3 Å². The first-order chi connectivity index (χ1) is 12.5. The van der Waals surface area contributed by atoms with Crippen molar-refractivity contribution in [3.8, 4) is 5.75 Å². The highest BCUT2D eigenvalue weighted by Crippen LogP contribution is 2.46. The second kappa shape index (κ2) is 6.69. The maximum Gasteiger partial charge on any atom is 0.552 e. The Balaban J connectivity index is 1.52. The highest BCUT2D eigenvalue weighted by molar-refractivity contribution is 7.89. The van der Waals surface area contributed by atoms with Crippen LogP contribution in [0.1, 0.15) is 18.4 Å². The Morgan fingerprint density at radius 1 is 1.50 bits per heavy atom. The first-order valence-corrected chi connectivity index (χ1v) is 10.1. The molecule has 0 radical (unpaired) electrons. The van der Waals surface area contributed by atoms with Crippen LogP contribution in [-0.4, -0.2) is 56.0 Å². The summed E-state index contributed by atoms with van der Waals surface area (Å²) in [5.41, 5.74) is 2.66. The van der Waals surface area contributed by atoms with Gasteiger partial charge in [0, 0.05) is 30.3 Å². The molecule has 1 aliphatic carbocycles. The zero-order valence-corrected chi connectivity index (χ0v) is 15.1. The van der Waals surface area contributed by atoms with E-state index in [0.717, 1.165) is 22.2 Å². The number of hydrogen-bond acceptors (Lipinski definition) is 6. The minimum atomic E-state index is -3.34. The molecule has 0 unspecified atom stereocenters. The number of H-pyrrole nitrogens is 1. The second-order valence-electron chi connectivity index (χ2n) is 6.66. The predicted molar refractivity (Wildman–Crippen MR) is 98.0 cm³/mol. The zero-order chi connectivity index (χ0) is 18.3. The van der Waals surface area contributed by atoms with E-state index in [4.69, 9.17) is 9.39 Å². The average molecular weight is 377 g/mol. The van der Waals surface area contributed by atoms with Gasteiger partial charge in [-0.05, 0) is 36.4 Å². The lowest BCUT2D eigenvalue weighted by Gasteiger charge is -2.39. The first kappa shape index (κ1) is 17.5. The molecular weight excluding hydrogens is 357 g/mol. The van der Waals surface area contributed by atoms with E-state index in [9.17, 15) is 13.4 Å². The lowest BCUT2D eigenvalue weighted by atomic mass is 9.68. The summed E-state index contributed by atoms with van der Waals surface area (Å²) in [7, 11) is -2.88. The number of allylic oxidation sites excluding steroid dienone is 1. The smallest absolute Gasteiger partial charge is 0.531 e. The van der Waals surface area contributed by atoms with E-state index in [1.807, 2.05) is 12.3 Å². The van der Waals surface area contributed by atoms with Gasteiger partial charge in [0.1, 0.15) is 11.4 Å². The van der Waals surface area contributed by atoms with Gasteiger partial charge in [-0.15, -0.1) is 0 Å². The molecule has 1 saturated carbocycles. The SMILES string of the molecule is COCCS(=O)(=O)N[C@H]1C[C@@H](C2=CB(O)Oc3cnc4[nH]ccc4c32)C1. The molecule has 2 aromatic rings. The third-order valence-electron chi connectivity index (χ3n) is 4.89. The van der Waals surface area contributed by atoms with E-state index in [0.29, 0.717) is 18.6 Å². The minimum absolute atomic E-state index is 0.0433. The molecule has 4 rings (SSSR count). The third-order valence-corrected chi connectivity index (χ3v) is 6.29. The number of nitrogens with one attached hydrogen (secondary N) is 2. The summed E-state index contributed by atoms with van der Waals surface area (Å²) in [5.74, 6) is 2.36. The Morgan fingerprint density at radius 2 is 2.31 bits per heavy atom. The standard InChI is InChI=1S/C16H20BN3O5S/c1-24-4-5-26(22,23)20-11-6-10(7-11)13-8-17(21)25-14-9-19-16-12(15(13)14)2-3-18-16/h2-3,8-11,20-21H,4-7H2,1H3,(H,18,19)/t10-,11+. The number of sulfonamides is 1. The van der Waals surface area contributed by atoms with Crippen molar-refractivity contribution in [2.75, 3.05) is 19.5 Å². The molecule has 138 valence electrons. The van der Waals surface area contributed by atoms with Crippen molar-refractivity contribution in [1.29, 1.82) is 0 Å². The van der Waals surface area contributed by atoms with Crippen LogP contribution < -0.4 is 9.38 Å². The fourth-order valence-electron chi connectivity index (χ4n) is 3.59. The van der Waals surface area contributed by atoms with Crippen molar-refractivity contribution >= 4 is 33.7 Å². The van der Waals surface area contributed by atoms with Crippen LogP contribution in [0.15, 0.2) is 24.4 Å². The maximum absolute atomic E-state index is 12.0. The molecule has 0 bridgehead atoms. The van der Waals surface area contributed by atoms with Gasteiger partial charge in [0.15, 0.2) is 0 Å². The second-order valence-corrected chi connectivity index (χ2v) is 8.54. The lowest BCUT2D eigenvalue weighted by Crippen LogP contribution is -2.46. The number of pyridine rings is 1. The summed E-state index contributed by atoms with van der Waals surface area (Å²) < 4.78 is 37.0. The predicted octanol–water partition coefficient (Wildman–Crippen LogP) is 0.703. The van der Waals surface area contributed by atoms with Crippen LogP contribution in [0, 0.1) is 5.92 Å². The van der Waals surface area contributed by atoms with Crippen molar-refractivity contribution in [3.05, 3.63) is 30.0 Å². The molecule has 0 amide bonds. The van der Waals surface area contributed by atoms with E-state index >= 15 is 0 Å². The Bertz CT molecular complexity index is 952. The van der Waals surface area contributed by atoms with E-state index in [2.05, 4.69) is 14.7 Å². The number of nitrogens with zero attached hydrogens (tertiary/aromatic N) is 1. The molecule has 10 heteroatoms. The summed E-state index contributed by atoms with van der Waals surface area (Å²) >= 11 is 0. The molecule has 2 aliphatic rings. The summed E-state index contributed by atoms with van der Waals surface area (Å²) in [6.07, 6.45) is 4.78. The number of aromatic nitrogens is 2. The highest BCUT2D eigenvalue weighted by atomic mass is 32.2. The van der Waals surface area contributed by atoms with Crippen LogP contribution in [-0.2, 0) is 14.8 Å². The fraction of sp³-hybridized carbons (Fsp3) is 0.438. The van der Waals surface area contributed by atoms with Gasteiger partial charge in [-0.2, -0.15) is 0 Å². The zero-order valence-electron chi connectivity index (χ0n) is 14.3. The molecule has 0 aromatic carbocycles. The van der Waals surface area contributed by atoms with Crippen molar-refractivity contribution in [2.45, 2.75) is 18.9 Å². The van der Waals surface area contributed by atoms with Gasteiger partial charge in [0.2, 0.25) is 10.0 Å². The average Bonchev–Trinajstić information content (AvgIpc) is 3.03. The summed E-state index contributed by atoms with van der Waals surface area (Å²) in [6.45, 7) is 0.173. The molecule has 0 saturated heterocycles. The molecule has 0 atom stereocenters. The number of fused-ring (bicyclic) bond motifs is 3. The van der Waals surface area contributed by atoms with Crippen LogP contribution in [0.5, 0.6) is 5.75 Å². The topological polar surface area (TPSA) is 114 Å². The maximum atomic E-state index is 12.0. The van der Waals surface area contributed by atoms with Crippen LogP contribution in [0.4, 0.5) is 0 Å². The molecule has 26 heavy (non-hydrogen) atoms. The summed E-state index contributed by atoms with van der Waals surface area (Å²) in [4.78, 5) is 7.37. The molecular formula is C16H20BN3O5S. The largest absolute Gasteiger partial charge is 0.552 e. The lowest BCUT2D eigenvalue weighted by molar-refractivity contribution is 0.216. The molecule has 2 aromatic heterocycles. The van der Waals surface area contributed by atoms with Gasteiger partial charge in [-0.3, -0.25) is 0 Å². The quantitative estimate of drug-likeness (QED) is 0.639. The number of methoxy groups -OCH3 is 1. The fourth-order valence-corrected chi connectivity index (χ4v) is 4.80. The number of aromatic amines is 1. The van der Waals surface area contributed by atoms with Crippen molar-refractivity contribution in [1.82, 2.24) is 14.7 Å². The van der Waals surface area contributed by atoms with Gasteiger partial charge in [-0.25, -0.2) is 18.1 Å². The van der Waals surface area contributed by atoms with E-state index in [1.54, 1.807) is 12.2 Å². The molecule has 1 fully saturated rings. The van der Waals surface area contributed by atoms with Crippen LogP contribution in [0.25, 0.3) is 16.6 Å². The summed E-state index contributed by atoms with van der Waals surface area (Å²) in [5, 5.41) is 10.9. The number of ether oxygens (including phenoxy) is 1. The Labute approximate surface area is 151 Å². The number of rotatable bonds is 6.